The zero-order chi connectivity index (χ0) is 14.8. The molecule has 112 valence electrons. The summed E-state index contributed by atoms with van der Waals surface area (Å²) < 4.78 is 4.88. The molecule has 0 radical (unpaired) electrons. The van der Waals surface area contributed by atoms with E-state index < -0.39 is 30.4 Å². The largest absolute Gasteiger partial charge is 0.465 e. The predicted octanol–water partition coefficient (Wildman–Crippen LogP) is -1.74. The second-order valence-corrected chi connectivity index (χ2v) is 4.22. The van der Waals surface area contributed by atoms with Crippen LogP contribution in [0.15, 0.2) is 5.10 Å². The van der Waals surface area contributed by atoms with Crippen molar-refractivity contribution < 1.29 is 19.7 Å². The molecule has 0 aliphatic heterocycles. The van der Waals surface area contributed by atoms with Crippen LogP contribution in [0.2, 0.25) is 0 Å². The molecule has 0 aliphatic rings. The Morgan fingerprint density at radius 1 is 1.47 bits per heavy atom. The summed E-state index contributed by atoms with van der Waals surface area (Å²) in [5.41, 5.74) is 5.51. The van der Waals surface area contributed by atoms with Crippen LogP contribution in [-0.2, 0) is 9.53 Å². The van der Waals surface area contributed by atoms with E-state index in [1.807, 2.05) is 0 Å². The molecule has 0 amide bonds. The van der Waals surface area contributed by atoms with Crippen molar-refractivity contribution in [1.29, 1.82) is 0 Å². The van der Waals surface area contributed by atoms with Gasteiger partial charge in [-0.1, -0.05) is 0 Å². The van der Waals surface area contributed by atoms with Crippen molar-refractivity contribution in [2.45, 2.75) is 51.1 Å². The molecule has 0 saturated carbocycles. The highest BCUT2D eigenvalue weighted by Gasteiger charge is 2.24. The minimum absolute atomic E-state index is 0.234. The molecule has 0 saturated heterocycles. The maximum absolute atomic E-state index is 11.7. The molecule has 0 aromatic carbocycles. The molecule has 8 nitrogen and oxygen atoms in total. The lowest BCUT2D eigenvalue weighted by Gasteiger charge is -2.23. The Morgan fingerprint density at radius 2 is 2.11 bits per heavy atom. The van der Waals surface area contributed by atoms with Crippen LogP contribution in [0.5, 0.6) is 0 Å². The minimum atomic E-state index is -1.03. The summed E-state index contributed by atoms with van der Waals surface area (Å²) in [5, 5.41) is 25.0. The summed E-state index contributed by atoms with van der Waals surface area (Å²) in [4.78, 5) is 11.7. The number of nitrogens with two attached hydrogens (primary N) is 2. The van der Waals surface area contributed by atoms with Crippen molar-refractivity contribution in [3.8, 4) is 0 Å². The number of esters is 1. The lowest BCUT2D eigenvalue weighted by atomic mass is 10.1. The fourth-order valence-corrected chi connectivity index (χ4v) is 1.38. The van der Waals surface area contributed by atoms with Gasteiger partial charge >= 0.3 is 5.97 Å². The molecule has 2 unspecified atom stereocenters. The molecule has 0 spiro atoms. The van der Waals surface area contributed by atoms with Gasteiger partial charge < -0.3 is 26.5 Å². The Balaban J connectivity index is 4.45. The topological polar surface area (TPSA) is 143 Å². The first-order valence-corrected chi connectivity index (χ1v) is 6.20. The van der Waals surface area contributed by atoms with Crippen molar-refractivity contribution in [3.63, 3.8) is 0 Å². The first-order valence-electron chi connectivity index (χ1n) is 6.20. The zero-order valence-corrected chi connectivity index (χ0v) is 11.3. The quantitative estimate of drug-likeness (QED) is 0.110. The number of ether oxygens (including phenoxy) is 1. The van der Waals surface area contributed by atoms with Gasteiger partial charge in [-0.05, 0) is 26.7 Å². The highest BCUT2D eigenvalue weighted by molar-refractivity contribution is 5.75. The molecule has 0 aromatic rings. The summed E-state index contributed by atoms with van der Waals surface area (Å²) in [6.07, 6.45) is -0.200. The van der Waals surface area contributed by atoms with E-state index in [0.717, 1.165) is 0 Å². The molecule has 0 fully saturated rings. The number of hydrogen-bond donors (Lipinski definition) is 5. The van der Waals surface area contributed by atoms with Gasteiger partial charge in [0.25, 0.3) is 0 Å². The Labute approximate surface area is 112 Å². The van der Waals surface area contributed by atoms with Crippen molar-refractivity contribution >= 4 is 12.2 Å². The third-order valence-electron chi connectivity index (χ3n) is 2.45. The highest BCUT2D eigenvalue weighted by Crippen LogP contribution is 2.05. The van der Waals surface area contributed by atoms with Crippen molar-refractivity contribution in [2.24, 2.45) is 16.7 Å². The fourth-order valence-electron chi connectivity index (χ4n) is 1.38. The molecule has 0 aromatic heterocycles. The Hall–Kier alpha value is -1.22. The third-order valence-corrected chi connectivity index (χ3v) is 2.45. The Morgan fingerprint density at radius 3 is 2.58 bits per heavy atom. The van der Waals surface area contributed by atoms with E-state index in [0.29, 0.717) is 0 Å². The van der Waals surface area contributed by atoms with Crippen molar-refractivity contribution in [3.05, 3.63) is 0 Å². The summed E-state index contributed by atoms with van der Waals surface area (Å²) in [6, 6.07) is -1.28. The van der Waals surface area contributed by atoms with Crippen molar-refractivity contribution in [2.75, 3.05) is 6.61 Å². The molecular formula is C11H24N4O4. The van der Waals surface area contributed by atoms with Crippen LogP contribution in [0.1, 0.15) is 26.7 Å². The van der Waals surface area contributed by atoms with Crippen LogP contribution < -0.4 is 16.9 Å². The fraction of sp³-hybridized carbons (Fsp3) is 0.818. The molecule has 7 N–H and O–H groups in total. The number of hydrogen-bond acceptors (Lipinski definition) is 8. The second kappa shape index (κ2) is 9.68. The number of aliphatic hydroxyl groups excluding tert-OH is 2. The molecule has 0 aliphatic carbocycles. The van der Waals surface area contributed by atoms with Crippen LogP contribution in [0, 0.1) is 0 Å². The molecule has 4 atom stereocenters. The van der Waals surface area contributed by atoms with Crippen LogP contribution in [-0.4, -0.2) is 53.4 Å². The lowest BCUT2D eigenvalue weighted by Crippen LogP contribution is -2.51. The number of rotatable bonds is 9. The third kappa shape index (κ3) is 7.73. The van der Waals surface area contributed by atoms with Crippen LogP contribution in [0.4, 0.5) is 0 Å². The predicted molar refractivity (Wildman–Crippen MR) is 71.1 cm³/mol. The van der Waals surface area contributed by atoms with E-state index in [-0.39, 0.29) is 19.4 Å². The van der Waals surface area contributed by atoms with Crippen LogP contribution in [0.3, 0.4) is 0 Å². The van der Waals surface area contributed by atoms with E-state index in [9.17, 15) is 15.0 Å². The molecule has 8 heteroatoms. The van der Waals surface area contributed by atoms with Gasteiger partial charge in [-0.2, -0.15) is 5.10 Å². The van der Waals surface area contributed by atoms with Gasteiger partial charge in [0.15, 0.2) is 0 Å². The monoisotopic (exact) mass is 276 g/mol. The molecule has 0 rings (SSSR count). The van der Waals surface area contributed by atoms with E-state index in [4.69, 9.17) is 16.3 Å². The number of nitrogens with one attached hydrogen (secondary N) is 1. The van der Waals surface area contributed by atoms with Crippen LogP contribution in [0.25, 0.3) is 0 Å². The highest BCUT2D eigenvalue weighted by atomic mass is 16.5. The lowest BCUT2D eigenvalue weighted by molar-refractivity contribution is -0.147. The number of carbonyl (C=O) groups is 1. The summed E-state index contributed by atoms with van der Waals surface area (Å²) in [5.74, 6) is 4.41. The molecular weight excluding hydrogens is 252 g/mol. The summed E-state index contributed by atoms with van der Waals surface area (Å²) in [7, 11) is 0. The van der Waals surface area contributed by atoms with Gasteiger partial charge in [-0.3, -0.25) is 10.1 Å². The normalized spacial score (nSPS) is 17.9. The first-order chi connectivity index (χ1) is 8.92. The summed E-state index contributed by atoms with van der Waals surface area (Å²) >= 11 is 0. The average Bonchev–Trinajstić information content (AvgIpc) is 2.34. The zero-order valence-electron chi connectivity index (χ0n) is 11.3. The summed E-state index contributed by atoms with van der Waals surface area (Å²) in [6.45, 7) is 3.53. The molecule has 0 heterocycles. The van der Waals surface area contributed by atoms with E-state index in [1.54, 1.807) is 13.8 Å². The smallest absolute Gasteiger partial charge is 0.323 e. The maximum atomic E-state index is 11.7. The molecule has 19 heavy (non-hydrogen) atoms. The van der Waals surface area contributed by atoms with E-state index in [1.165, 1.54) is 6.21 Å². The minimum Gasteiger partial charge on any atom is -0.465 e. The van der Waals surface area contributed by atoms with Gasteiger partial charge in [0.05, 0.1) is 18.9 Å². The SMILES string of the molecule is CCOC(=O)[C@H](CCC(O)C=NN)NC(O)[C@H](C)N. The van der Waals surface area contributed by atoms with Gasteiger partial charge in [-0.25, -0.2) is 0 Å². The van der Waals surface area contributed by atoms with Crippen LogP contribution >= 0.6 is 0 Å². The van der Waals surface area contributed by atoms with Gasteiger partial charge in [0.2, 0.25) is 0 Å². The Kier molecular flexibility index (Phi) is 9.06. The van der Waals surface area contributed by atoms with Gasteiger partial charge in [-0.15, -0.1) is 0 Å². The van der Waals surface area contributed by atoms with E-state index >= 15 is 0 Å². The standard InChI is InChI=1S/C11H24N4O4/c1-3-19-11(18)9(15-10(17)7(2)12)5-4-8(16)6-14-13/h6-10,15-17H,3-5,12-13H2,1-2H3/t7-,8?,9-,10?/m0/s1. The van der Waals surface area contributed by atoms with Crippen molar-refractivity contribution in [1.82, 2.24) is 5.32 Å². The van der Waals surface area contributed by atoms with E-state index in [2.05, 4.69) is 10.4 Å². The maximum Gasteiger partial charge on any atom is 0.323 e. The average molecular weight is 276 g/mol. The second-order valence-electron chi connectivity index (χ2n) is 4.22. The number of nitrogens with zero attached hydrogens (tertiary/aromatic N) is 1. The first kappa shape index (κ1) is 17.8. The number of carbonyl (C=O) groups excluding carboxylic acids is 1. The van der Waals surface area contributed by atoms with Gasteiger partial charge in [0, 0.05) is 6.04 Å². The van der Waals surface area contributed by atoms with Gasteiger partial charge in [0.1, 0.15) is 12.3 Å². The number of hydrazone groups is 1. The Bertz CT molecular complexity index is 286. The number of aliphatic hydroxyl groups is 2. The molecule has 0 bridgehead atoms.